The van der Waals surface area contributed by atoms with Gasteiger partial charge in [0.1, 0.15) is 11.6 Å². The summed E-state index contributed by atoms with van der Waals surface area (Å²) in [5, 5.41) is 6.04. The van der Waals surface area contributed by atoms with E-state index in [0.29, 0.717) is 5.56 Å². The third-order valence-corrected chi connectivity index (χ3v) is 4.18. The van der Waals surface area contributed by atoms with Gasteiger partial charge in [0, 0.05) is 11.6 Å². The molecule has 1 aliphatic heterocycles. The number of hydrogen-bond donors (Lipinski definition) is 2. The van der Waals surface area contributed by atoms with Crippen LogP contribution in [0.25, 0.3) is 0 Å². The lowest BCUT2D eigenvalue weighted by molar-refractivity contribution is -0.127. The first-order valence-corrected chi connectivity index (χ1v) is 7.30. The number of carbonyl (C=O) groups excluding carboxylic acids is 1. The Balaban J connectivity index is 2.08. The van der Waals surface area contributed by atoms with Gasteiger partial charge in [0.25, 0.3) is 0 Å². The molecule has 1 saturated heterocycles. The summed E-state index contributed by atoms with van der Waals surface area (Å²) in [6, 6.07) is 2.61. The number of carbonyl (C=O) groups is 1. The lowest BCUT2D eigenvalue weighted by Gasteiger charge is -2.38. The molecule has 1 heterocycles. The molecule has 0 radical (unpaired) electrons. The third kappa shape index (κ3) is 3.59. The maximum Gasteiger partial charge on any atom is 0.238 e. The van der Waals surface area contributed by atoms with Crippen LogP contribution in [-0.2, 0) is 4.79 Å². The second-order valence-corrected chi connectivity index (χ2v) is 6.38. The van der Waals surface area contributed by atoms with E-state index in [2.05, 4.69) is 10.6 Å². The topological polar surface area (TPSA) is 41.1 Å². The van der Waals surface area contributed by atoms with Crippen LogP contribution in [-0.4, -0.2) is 18.5 Å². The quantitative estimate of drug-likeness (QED) is 0.900. The minimum atomic E-state index is -0.640. The fraction of sp³-hybridized carbons (Fsp3) is 0.562. The Kier molecular flexibility index (Phi) is 4.61. The van der Waals surface area contributed by atoms with E-state index in [9.17, 15) is 13.6 Å². The van der Waals surface area contributed by atoms with Gasteiger partial charge in [-0.3, -0.25) is 4.79 Å². The standard InChI is InChI=1S/C16H22F2N2O/c1-10(12-6-5-11(17)9-13(12)18)20-15(21)14-16(2,3)7-4-8-19-14/h5-6,9-10,14,19H,4,7-8H2,1-3H3,(H,20,21). The molecule has 2 atom stereocenters. The van der Waals surface area contributed by atoms with E-state index in [4.69, 9.17) is 0 Å². The molecule has 1 aliphatic rings. The van der Waals surface area contributed by atoms with Crippen LogP contribution < -0.4 is 10.6 Å². The zero-order valence-electron chi connectivity index (χ0n) is 12.7. The highest BCUT2D eigenvalue weighted by Gasteiger charge is 2.37. The van der Waals surface area contributed by atoms with Crippen molar-refractivity contribution in [3.63, 3.8) is 0 Å². The summed E-state index contributed by atoms with van der Waals surface area (Å²) in [7, 11) is 0. The molecule has 0 aliphatic carbocycles. The molecule has 1 fully saturated rings. The minimum Gasteiger partial charge on any atom is -0.348 e. The van der Waals surface area contributed by atoms with Crippen molar-refractivity contribution in [1.29, 1.82) is 0 Å². The molecule has 0 aromatic heterocycles. The summed E-state index contributed by atoms with van der Waals surface area (Å²) in [6.45, 7) is 6.60. The summed E-state index contributed by atoms with van der Waals surface area (Å²) in [5.41, 5.74) is 0.155. The molecule has 3 nitrogen and oxygen atoms in total. The molecule has 116 valence electrons. The second-order valence-electron chi connectivity index (χ2n) is 6.38. The van der Waals surface area contributed by atoms with Gasteiger partial charge in [-0.15, -0.1) is 0 Å². The molecule has 21 heavy (non-hydrogen) atoms. The lowest BCUT2D eigenvalue weighted by atomic mass is 9.77. The van der Waals surface area contributed by atoms with Crippen LogP contribution in [0, 0.1) is 17.0 Å². The number of halogens is 2. The Hall–Kier alpha value is -1.49. The summed E-state index contributed by atoms with van der Waals surface area (Å²) in [6.07, 6.45) is 2.01. The molecule has 1 amide bonds. The molecule has 5 heteroatoms. The van der Waals surface area contributed by atoms with Crippen molar-refractivity contribution in [1.82, 2.24) is 10.6 Å². The van der Waals surface area contributed by atoms with Gasteiger partial charge in [0.2, 0.25) is 5.91 Å². The molecule has 2 N–H and O–H groups in total. The predicted octanol–water partition coefficient (Wildman–Crippen LogP) is 2.92. The summed E-state index contributed by atoms with van der Waals surface area (Å²) in [5.74, 6) is -1.40. The van der Waals surface area contributed by atoms with Gasteiger partial charge >= 0.3 is 0 Å². The van der Waals surface area contributed by atoms with Gasteiger partial charge in [0.05, 0.1) is 12.1 Å². The fourth-order valence-electron chi connectivity index (χ4n) is 2.89. The molecule has 2 rings (SSSR count). The largest absolute Gasteiger partial charge is 0.348 e. The van der Waals surface area contributed by atoms with E-state index in [-0.39, 0.29) is 17.4 Å². The van der Waals surface area contributed by atoms with Gasteiger partial charge in [-0.2, -0.15) is 0 Å². The highest BCUT2D eigenvalue weighted by Crippen LogP contribution is 2.30. The van der Waals surface area contributed by atoms with E-state index >= 15 is 0 Å². The summed E-state index contributed by atoms with van der Waals surface area (Å²) in [4.78, 5) is 12.4. The Morgan fingerprint density at radius 2 is 2.14 bits per heavy atom. The van der Waals surface area contributed by atoms with Crippen molar-refractivity contribution >= 4 is 5.91 Å². The van der Waals surface area contributed by atoms with Crippen molar-refractivity contribution in [3.05, 3.63) is 35.4 Å². The van der Waals surface area contributed by atoms with Crippen molar-refractivity contribution in [2.45, 2.75) is 45.7 Å². The van der Waals surface area contributed by atoms with Gasteiger partial charge in [0.15, 0.2) is 0 Å². The van der Waals surface area contributed by atoms with Crippen LogP contribution >= 0.6 is 0 Å². The van der Waals surface area contributed by atoms with Crippen LogP contribution in [0.5, 0.6) is 0 Å². The lowest BCUT2D eigenvalue weighted by Crippen LogP contribution is -2.55. The molecule has 2 unspecified atom stereocenters. The average molecular weight is 296 g/mol. The smallest absolute Gasteiger partial charge is 0.238 e. The van der Waals surface area contributed by atoms with Crippen molar-refractivity contribution in [2.75, 3.05) is 6.54 Å². The highest BCUT2D eigenvalue weighted by atomic mass is 19.1. The normalized spacial score (nSPS) is 22.6. The van der Waals surface area contributed by atoms with E-state index in [1.54, 1.807) is 6.92 Å². The SMILES string of the molecule is CC(NC(=O)C1NCCCC1(C)C)c1ccc(F)cc1F. The van der Waals surface area contributed by atoms with Gasteiger partial charge in [-0.1, -0.05) is 19.9 Å². The number of nitrogens with one attached hydrogen (secondary N) is 2. The Morgan fingerprint density at radius 1 is 1.43 bits per heavy atom. The maximum atomic E-state index is 13.7. The van der Waals surface area contributed by atoms with E-state index in [0.717, 1.165) is 25.5 Å². The van der Waals surface area contributed by atoms with Crippen LogP contribution in [0.3, 0.4) is 0 Å². The first-order chi connectivity index (χ1) is 9.81. The molecular formula is C16H22F2N2O. The van der Waals surface area contributed by atoms with Gasteiger partial charge in [-0.25, -0.2) is 8.78 Å². The van der Waals surface area contributed by atoms with Crippen LogP contribution in [0.2, 0.25) is 0 Å². The molecule has 0 bridgehead atoms. The monoisotopic (exact) mass is 296 g/mol. The van der Waals surface area contributed by atoms with Gasteiger partial charge in [-0.05, 0) is 37.8 Å². The molecule has 0 saturated carbocycles. The Morgan fingerprint density at radius 3 is 2.76 bits per heavy atom. The van der Waals surface area contributed by atoms with Crippen molar-refractivity contribution in [3.8, 4) is 0 Å². The maximum absolute atomic E-state index is 13.7. The average Bonchev–Trinajstić information content (AvgIpc) is 2.37. The van der Waals surface area contributed by atoms with Crippen molar-refractivity contribution < 1.29 is 13.6 Å². The van der Waals surface area contributed by atoms with E-state index in [1.165, 1.54) is 12.1 Å². The molecular weight excluding hydrogens is 274 g/mol. The van der Waals surface area contributed by atoms with Crippen LogP contribution in [0.1, 0.15) is 45.2 Å². The Labute approximate surface area is 124 Å². The fourth-order valence-corrected chi connectivity index (χ4v) is 2.89. The molecule has 0 spiro atoms. The zero-order chi connectivity index (χ0) is 15.6. The molecule has 1 aromatic carbocycles. The minimum absolute atomic E-state index is 0.136. The predicted molar refractivity (Wildman–Crippen MR) is 77.7 cm³/mol. The highest BCUT2D eigenvalue weighted by molar-refractivity contribution is 5.83. The van der Waals surface area contributed by atoms with E-state index in [1.807, 2.05) is 13.8 Å². The number of amides is 1. The summed E-state index contributed by atoms with van der Waals surface area (Å²) < 4.78 is 26.7. The number of hydrogen-bond acceptors (Lipinski definition) is 2. The van der Waals surface area contributed by atoms with Gasteiger partial charge < -0.3 is 10.6 Å². The first kappa shape index (κ1) is 15.9. The van der Waals surface area contributed by atoms with E-state index < -0.39 is 17.7 Å². The van der Waals surface area contributed by atoms with Crippen LogP contribution in [0.4, 0.5) is 8.78 Å². The number of rotatable bonds is 3. The first-order valence-electron chi connectivity index (χ1n) is 7.30. The molecule has 1 aromatic rings. The van der Waals surface area contributed by atoms with Crippen molar-refractivity contribution in [2.24, 2.45) is 5.41 Å². The summed E-state index contributed by atoms with van der Waals surface area (Å²) >= 11 is 0. The third-order valence-electron chi connectivity index (χ3n) is 4.18. The second kappa shape index (κ2) is 6.10. The Bertz CT molecular complexity index is 531. The number of benzene rings is 1. The van der Waals surface area contributed by atoms with Crippen LogP contribution in [0.15, 0.2) is 18.2 Å². The zero-order valence-corrected chi connectivity index (χ0v) is 12.7. The number of piperidine rings is 1.